The molecule has 0 aromatic heterocycles. The van der Waals surface area contributed by atoms with Crippen LogP contribution in [0.15, 0.2) is 0 Å². The van der Waals surface area contributed by atoms with E-state index < -0.39 is 0 Å². The lowest BCUT2D eigenvalue weighted by molar-refractivity contribution is -0.129. The van der Waals surface area contributed by atoms with Gasteiger partial charge in [-0.1, -0.05) is 27.7 Å². The van der Waals surface area contributed by atoms with Crippen LogP contribution in [-0.2, 0) is 4.79 Å². The number of amides is 1. The Morgan fingerprint density at radius 2 is 1.59 bits per heavy atom. The first kappa shape index (κ1) is 16.8. The molecule has 0 saturated heterocycles. The van der Waals surface area contributed by atoms with Crippen LogP contribution in [0.2, 0.25) is 0 Å². The number of thioether (sulfide) groups is 1. The first-order valence-corrected chi connectivity index (χ1v) is 7.59. The van der Waals surface area contributed by atoms with E-state index in [2.05, 4.69) is 27.7 Å². The van der Waals surface area contributed by atoms with Crippen molar-refractivity contribution in [2.24, 2.45) is 17.6 Å². The summed E-state index contributed by atoms with van der Waals surface area (Å²) in [5, 5.41) is 0. The Hall–Kier alpha value is -0.220. The van der Waals surface area contributed by atoms with Crippen LogP contribution in [0.4, 0.5) is 0 Å². The molecule has 0 aliphatic heterocycles. The maximum Gasteiger partial charge on any atom is 0.232 e. The van der Waals surface area contributed by atoms with Crippen LogP contribution < -0.4 is 5.73 Å². The van der Waals surface area contributed by atoms with E-state index in [1.807, 2.05) is 11.8 Å². The monoisotopic (exact) mass is 260 g/mol. The average Bonchev–Trinajstić information content (AvgIpc) is 2.14. The van der Waals surface area contributed by atoms with E-state index in [4.69, 9.17) is 5.73 Å². The Bertz CT molecular complexity index is 207. The Morgan fingerprint density at radius 1 is 1.12 bits per heavy atom. The Morgan fingerprint density at radius 3 is 1.94 bits per heavy atom. The molecule has 1 amide bonds. The van der Waals surface area contributed by atoms with Crippen molar-refractivity contribution in [3.63, 3.8) is 0 Å². The molecular formula is C13H28N2OS. The number of rotatable bonds is 8. The largest absolute Gasteiger partial charge is 0.341 e. The van der Waals surface area contributed by atoms with Crippen molar-refractivity contribution in [1.29, 1.82) is 0 Å². The fourth-order valence-corrected chi connectivity index (χ4v) is 2.43. The first-order valence-electron chi connectivity index (χ1n) is 6.44. The normalized spacial score (nSPS) is 13.2. The van der Waals surface area contributed by atoms with Gasteiger partial charge in [-0.3, -0.25) is 4.79 Å². The van der Waals surface area contributed by atoms with Crippen molar-refractivity contribution in [2.45, 2.75) is 40.7 Å². The molecule has 0 radical (unpaired) electrons. The van der Waals surface area contributed by atoms with Crippen molar-refractivity contribution in [2.75, 3.05) is 24.6 Å². The third-order valence-corrected chi connectivity index (χ3v) is 3.34. The van der Waals surface area contributed by atoms with E-state index in [0.29, 0.717) is 17.6 Å². The predicted molar refractivity (Wildman–Crippen MR) is 77.2 cm³/mol. The van der Waals surface area contributed by atoms with E-state index in [1.54, 1.807) is 11.8 Å². The summed E-state index contributed by atoms with van der Waals surface area (Å²) >= 11 is 1.64. The lowest BCUT2D eigenvalue weighted by Gasteiger charge is -2.26. The highest BCUT2D eigenvalue weighted by Gasteiger charge is 2.16. The molecular weight excluding hydrogens is 232 g/mol. The maximum absolute atomic E-state index is 12.1. The number of nitrogens with two attached hydrogens (primary N) is 1. The third kappa shape index (κ3) is 9.48. The number of hydrogen-bond acceptors (Lipinski definition) is 3. The van der Waals surface area contributed by atoms with E-state index in [9.17, 15) is 4.79 Å². The van der Waals surface area contributed by atoms with Crippen LogP contribution in [0.25, 0.3) is 0 Å². The minimum absolute atomic E-state index is 0.163. The minimum Gasteiger partial charge on any atom is -0.341 e. The molecule has 0 aliphatic rings. The van der Waals surface area contributed by atoms with Crippen molar-refractivity contribution in [1.82, 2.24) is 4.90 Å². The Labute approximate surface area is 111 Å². The molecule has 0 aliphatic carbocycles. The van der Waals surface area contributed by atoms with Gasteiger partial charge in [0.15, 0.2) is 0 Å². The molecule has 0 heterocycles. The number of carbonyl (C=O) groups excluding carboxylic acids is 1. The molecule has 1 unspecified atom stereocenters. The standard InChI is InChI=1S/C13H28N2OS/c1-10(2)6-15(7-11(3)4)13(16)9-17-8-12(5)14/h10-12H,6-9,14H2,1-5H3. The molecule has 0 rings (SSSR count). The van der Waals surface area contributed by atoms with Crippen LogP contribution in [-0.4, -0.2) is 41.4 Å². The van der Waals surface area contributed by atoms with Gasteiger partial charge in [-0.2, -0.15) is 11.8 Å². The van der Waals surface area contributed by atoms with Crippen molar-refractivity contribution in [3.05, 3.63) is 0 Å². The smallest absolute Gasteiger partial charge is 0.232 e. The summed E-state index contributed by atoms with van der Waals surface area (Å²) in [5.74, 6) is 2.70. The molecule has 2 N–H and O–H groups in total. The summed E-state index contributed by atoms with van der Waals surface area (Å²) in [6.45, 7) is 12.3. The minimum atomic E-state index is 0.163. The number of carbonyl (C=O) groups is 1. The van der Waals surface area contributed by atoms with E-state index in [1.165, 1.54) is 0 Å². The molecule has 102 valence electrons. The van der Waals surface area contributed by atoms with Gasteiger partial charge in [0.25, 0.3) is 0 Å². The molecule has 0 saturated carbocycles. The third-order valence-electron chi connectivity index (χ3n) is 2.13. The van der Waals surface area contributed by atoms with E-state index >= 15 is 0 Å². The quantitative estimate of drug-likeness (QED) is 0.728. The second-order valence-corrected chi connectivity index (χ2v) is 6.61. The van der Waals surface area contributed by atoms with Crippen molar-refractivity contribution >= 4 is 17.7 Å². The highest BCUT2D eigenvalue weighted by Crippen LogP contribution is 2.09. The van der Waals surface area contributed by atoms with Crippen LogP contribution in [0.1, 0.15) is 34.6 Å². The van der Waals surface area contributed by atoms with Gasteiger partial charge in [-0.05, 0) is 18.8 Å². The second kappa shape index (κ2) is 8.81. The molecule has 0 aromatic rings. The van der Waals surface area contributed by atoms with Crippen LogP contribution in [0.5, 0.6) is 0 Å². The summed E-state index contributed by atoms with van der Waals surface area (Å²) < 4.78 is 0. The van der Waals surface area contributed by atoms with E-state index in [0.717, 1.165) is 18.8 Å². The van der Waals surface area contributed by atoms with E-state index in [-0.39, 0.29) is 11.9 Å². The fourth-order valence-electron chi connectivity index (χ4n) is 1.58. The fraction of sp³-hybridized carbons (Fsp3) is 0.923. The molecule has 3 nitrogen and oxygen atoms in total. The van der Waals surface area contributed by atoms with Crippen LogP contribution in [0, 0.1) is 11.8 Å². The predicted octanol–water partition coefficient (Wildman–Crippen LogP) is 2.21. The maximum atomic E-state index is 12.1. The van der Waals surface area contributed by atoms with Gasteiger partial charge in [-0.25, -0.2) is 0 Å². The molecule has 17 heavy (non-hydrogen) atoms. The zero-order valence-corrected chi connectivity index (χ0v) is 12.7. The molecule has 0 aromatic carbocycles. The lowest BCUT2D eigenvalue weighted by Crippen LogP contribution is -2.38. The SMILES string of the molecule is CC(C)CN(CC(C)C)C(=O)CSCC(C)N. The summed E-state index contributed by atoms with van der Waals surface area (Å²) in [7, 11) is 0. The van der Waals surface area contributed by atoms with Gasteiger partial charge < -0.3 is 10.6 Å². The molecule has 1 atom stereocenters. The van der Waals surface area contributed by atoms with Gasteiger partial charge in [0.1, 0.15) is 0 Å². The zero-order valence-electron chi connectivity index (χ0n) is 11.9. The van der Waals surface area contributed by atoms with Crippen molar-refractivity contribution < 1.29 is 4.79 Å². The van der Waals surface area contributed by atoms with Gasteiger partial charge in [0.05, 0.1) is 5.75 Å². The van der Waals surface area contributed by atoms with Gasteiger partial charge in [0.2, 0.25) is 5.91 Å². The summed E-state index contributed by atoms with van der Waals surface area (Å²) in [4.78, 5) is 14.0. The second-order valence-electron chi connectivity index (χ2n) is 5.58. The van der Waals surface area contributed by atoms with Gasteiger partial charge in [0, 0.05) is 24.9 Å². The van der Waals surface area contributed by atoms with Gasteiger partial charge in [-0.15, -0.1) is 0 Å². The summed E-state index contributed by atoms with van der Waals surface area (Å²) in [5.41, 5.74) is 5.67. The molecule has 0 bridgehead atoms. The number of nitrogens with zero attached hydrogens (tertiary/aromatic N) is 1. The molecule has 0 spiro atoms. The summed E-state index contributed by atoms with van der Waals surface area (Å²) in [6.07, 6.45) is 0. The van der Waals surface area contributed by atoms with Crippen LogP contribution >= 0.6 is 11.8 Å². The first-order chi connectivity index (χ1) is 7.82. The Balaban J connectivity index is 4.12. The molecule has 0 fully saturated rings. The zero-order chi connectivity index (χ0) is 13.4. The topological polar surface area (TPSA) is 46.3 Å². The Kier molecular flexibility index (Phi) is 8.70. The van der Waals surface area contributed by atoms with Gasteiger partial charge >= 0.3 is 0 Å². The highest BCUT2D eigenvalue weighted by atomic mass is 32.2. The van der Waals surface area contributed by atoms with Crippen molar-refractivity contribution in [3.8, 4) is 0 Å². The van der Waals surface area contributed by atoms with Crippen LogP contribution in [0.3, 0.4) is 0 Å². The number of hydrogen-bond donors (Lipinski definition) is 1. The molecule has 4 heteroatoms. The lowest BCUT2D eigenvalue weighted by atomic mass is 10.1. The average molecular weight is 260 g/mol. The highest BCUT2D eigenvalue weighted by molar-refractivity contribution is 7.99. The summed E-state index contributed by atoms with van der Waals surface area (Å²) in [6, 6.07) is 0.163.